The van der Waals surface area contributed by atoms with E-state index in [1.165, 1.54) is 24.1 Å². The first-order chi connectivity index (χ1) is 13.5. The van der Waals surface area contributed by atoms with Crippen LogP contribution in [0.25, 0.3) is 5.57 Å². The molecule has 0 amide bonds. The summed E-state index contributed by atoms with van der Waals surface area (Å²) in [5, 5.41) is 0.818. The van der Waals surface area contributed by atoms with Crippen LogP contribution in [0, 0.1) is 5.41 Å². The molecule has 0 bridgehead atoms. The second kappa shape index (κ2) is 8.31. The smallest absolute Gasteiger partial charge is 0.0406 e. The van der Waals surface area contributed by atoms with Crippen LogP contribution in [0.15, 0.2) is 60.2 Å². The van der Waals surface area contributed by atoms with E-state index in [-0.39, 0.29) is 0 Å². The number of benzene rings is 2. The summed E-state index contributed by atoms with van der Waals surface area (Å²) in [6.45, 7) is 10.4. The van der Waals surface area contributed by atoms with Crippen LogP contribution in [0.3, 0.4) is 0 Å². The highest BCUT2D eigenvalue weighted by Crippen LogP contribution is 2.43. The molecule has 148 valence electrons. The lowest BCUT2D eigenvalue weighted by Gasteiger charge is -2.39. The highest BCUT2D eigenvalue weighted by atomic mass is 35.5. The molecule has 1 aliphatic carbocycles. The highest BCUT2D eigenvalue weighted by Gasteiger charge is 2.29. The molecule has 0 radical (unpaired) electrons. The van der Waals surface area contributed by atoms with Crippen LogP contribution in [-0.2, 0) is 0 Å². The van der Waals surface area contributed by atoms with E-state index in [0.29, 0.717) is 5.41 Å². The number of rotatable bonds is 4. The Kier molecular flexibility index (Phi) is 5.80. The van der Waals surface area contributed by atoms with Gasteiger partial charge in [-0.25, -0.2) is 0 Å². The van der Waals surface area contributed by atoms with E-state index < -0.39 is 0 Å². The van der Waals surface area contributed by atoms with E-state index in [1.807, 2.05) is 12.1 Å². The van der Waals surface area contributed by atoms with Crippen LogP contribution in [0.2, 0.25) is 5.02 Å². The molecule has 2 nitrogen and oxygen atoms in total. The zero-order valence-corrected chi connectivity index (χ0v) is 17.9. The Morgan fingerprint density at radius 2 is 1.57 bits per heavy atom. The summed E-state index contributed by atoms with van der Waals surface area (Å²) in [5.74, 6) is 0. The van der Waals surface area contributed by atoms with Gasteiger partial charge in [0.2, 0.25) is 0 Å². The number of allylic oxidation sites excluding steroid dienone is 1. The van der Waals surface area contributed by atoms with Gasteiger partial charge in [-0.3, -0.25) is 4.90 Å². The number of halogens is 1. The number of hydrogen-bond acceptors (Lipinski definition) is 2. The predicted octanol–water partition coefficient (Wildman–Crippen LogP) is 6.13. The van der Waals surface area contributed by atoms with Crippen LogP contribution in [0.1, 0.15) is 38.7 Å². The molecular weight excluding hydrogens is 364 g/mol. The molecule has 0 saturated carbocycles. The molecule has 2 aliphatic rings. The van der Waals surface area contributed by atoms with Crippen LogP contribution in [-0.4, -0.2) is 37.6 Å². The molecular formula is C25H31ClN2. The number of hydrogen-bond donors (Lipinski definition) is 0. The minimum Gasteiger partial charge on any atom is -0.369 e. The van der Waals surface area contributed by atoms with Gasteiger partial charge in [0.05, 0.1) is 0 Å². The monoisotopic (exact) mass is 394 g/mol. The molecule has 2 aromatic rings. The van der Waals surface area contributed by atoms with Gasteiger partial charge in [-0.05, 0) is 60.1 Å². The van der Waals surface area contributed by atoms with Crippen molar-refractivity contribution in [3.63, 3.8) is 0 Å². The van der Waals surface area contributed by atoms with E-state index >= 15 is 0 Å². The van der Waals surface area contributed by atoms with E-state index in [2.05, 4.69) is 66.1 Å². The second-order valence-electron chi connectivity index (χ2n) is 9.03. The topological polar surface area (TPSA) is 6.48 Å². The fourth-order valence-electron chi connectivity index (χ4n) is 4.54. The maximum Gasteiger partial charge on any atom is 0.0406 e. The summed E-state index contributed by atoms with van der Waals surface area (Å²) in [5.41, 5.74) is 6.27. The van der Waals surface area contributed by atoms with Crippen molar-refractivity contribution in [2.24, 2.45) is 5.41 Å². The lowest BCUT2D eigenvalue weighted by molar-refractivity contribution is 0.264. The average molecular weight is 395 g/mol. The fourth-order valence-corrected chi connectivity index (χ4v) is 4.66. The third kappa shape index (κ3) is 4.61. The molecule has 1 aliphatic heterocycles. The number of para-hydroxylation sites is 1. The molecule has 0 unspecified atom stereocenters. The van der Waals surface area contributed by atoms with Gasteiger partial charge in [0.1, 0.15) is 0 Å². The van der Waals surface area contributed by atoms with Gasteiger partial charge in [-0.1, -0.05) is 61.4 Å². The Morgan fingerprint density at radius 3 is 2.25 bits per heavy atom. The van der Waals surface area contributed by atoms with E-state index in [0.717, 1.165) is 44.2 Å². The molecule has 1 heterocycles. The summed E-state index contributed by atoms with van der Waals surface area (Å²) in [6.07, 6.45) is 3.65. The van der Waals surface area contributed by atoms with Gasteiger partial charge in [-0.15, -0.1) is 0 Å². The summed E-state index contributed by atoms with van der Waals surface area (Å²) in [4.78, 5) is 5.15. The minimum atomic E-state index is 0.379. The van der Waals surface area contributed by atoms with Crippen molar-refractivity contribution >= 4 is 22.9 Å². The normalized spacial score (nSPS) is 20.5. The Labute approximate surface area is 174 Å². The number of nitrogens with zero attached hydrogens (tertiary/aromatic N) is 2. The van der Waals surface area contributed by atoms with Crippen LogP contribution < -0.4 is 4.90 Å². The van der Waals surface area contributed by atoms with Crippen molar-refractivity contribution in [2.75, 3.05) is 37.6 Å². The van der Waals surface area contributed by atoms with Crippen molar-refractivity contribution in [2.45, 2.75) is 33.1 Å². The molecule has 28 heavy (non-hydrogen) atoms. The lowest BCUT2D eigenvalue weighted by atomic mass is 9.72. The van der Waals surface area contributed by atoms with Gasteiger partial charge >= 0.3 is 0 Å². The van der Waals surface area contributed by atoms with Crippen molar-refractivity contribution in [1.82, 2.24) is 4.90 Å². The summed E-state index contributed by atoms with van der Waals surface area (Å²) >= 11 is 6.13. The standard InChI is InChI=1S/C25H31ClN2/c1-25(2)13-12-21(24(18-25)20-8-10-22(26)11-9-20)19-27-14-16-28(17-15-27)23-6-4-3-5-7-23/h3-11H,12-19H2,1-2H3. The molecule has 0 atom stereocenters. The summed E-state index contributed by atoms with van der Waals surface area (Å²) in [6, 6.07) is 19.3. The zero-order chi connectivity index (χ0) is 19.6. The first-order valence-corrected chi connectivity index (χ1v) is 10.9. The van der Waals surface area contributed by atoms with Crippen molar-refractivity contribution in [3.05, 3.63) is 70.8 Å². The molecule has 0 N–H and O–H groups in total. The fraction of sp³-hybridized carbons (Fsp3) is 0.440. The highest BCUT2D eigenvalue weighted by molar-refractivity contribution is 6.30. The van der Waals surface area contributed by atoms with Gasteiger partial charge < -0.3 is 4.90 Å². The van der Waals surface area contributed by atoms with Gasteiger partial charge in [0.15, 0.2) is 0 Å². The first kappa shape index (κ1) is 19.5. The average Bonchev–Trinajstić information content (AvgIpc) is 2.71. The molecule has 0 spiro atoms. The van der Waals surface area contributed by atoms with Gasteiger partial charge in [0, 0.05) is 43.4 Å². The SMILES string of the molecule is CC1(C)CCC(CN2CCN(c3ccccc3)CC2)=C(c2ccc(Cl)cc2)C1. The molecule has 3 heteroatoms. The minimum absolute atomic E-state index is 0.379. The predicted molar refractivity (Wildman–Crippen MR) is 121 cm³/mol. The number of piperazine rings is 1. The van der Waals surface area contributed by atoms with Crippen molar-refractivity contribution < 1.29 is 0 Å². The lowest BCUT2D eigenvalue weighted by Crippen LogP contribution is -2.47. The number of anilines is 1. The molecule has 4 rings (SSSR count). The molecule has 1 fully saturated rings. The maximum absolute atomic E-state index is 6.13. The summed E-state index contributed by atoms with van der Waals surface area (Å²) < 4.78 is 0. The summed E-state index contributed by atoms with van der Waals surface area (Å²) in [7, 11) is 0. The third-order valence-corrected chi connectivity index (χ3v) is 6.54. The quantitative estimate of drug-likeness (QED) is 0.615. The first-order valence-electron chi connectivity index (χ1n) is 10.5. The largest absolute Gasteiger partial charge is 0.369 e. The molecule has 2 aromatic carbocycles. The molecule has 1 saturated heterocycles. The van der Waals surface area contributed by atoms with E-state index in [9.17, 15) is 0 Å². The van der Waals surface area contributed by atoms with Crippen LogP contribution in [0.4, 0.5) is 5.69 Å². The van der Waals surface area contributed by atoms with Crippen molar-refractivity contribution in [1.29, 1.82) is 0 Å². The van der Waals surface area contributed by atoms with E-state index in [4.69, 9.17) is 11.6 Å². The maximum atomic E-state index is 6.13. The van der Waals surface area contributed by atoms with Crippen LogP contribution in [0.5, 0.6) is 0 Å². The Balaban J connectivity index is 1.48. The van der Waals surface area contributed by atoms with E-state index in [1.54, 1.807) is 11.1 Å². The Hall–Kier alpha value is -1.77. The zero-order valence-electron chi connectivity index (χ0n) is 17.1. The van der Waals surface area contributed by atoms with Crippen LogP contribution >= 0.6 is 11.6 Å². The second-order valence-corrected chi connectivity index (χ2v) is 9.47. The van der Waals surface area contributed by atoms with Crippen molar-refractivity contribution in [3.8, 4) is 0 Å². The third-order valence-electron chi connectivity index (χ3n) is 6.29. The van der Waals surface area contributed by atoms with Gasteiger partial charge in [0.25, 0.3) is 0 Å². The molecule has 0 aromatic heterocycles. The Bertz CT molecular complexity index is 815. The Morgan fingerprint density at radius 1 is 0.893 bits per heavy atom. The van der Waals surface area contributed by atoms with Gasteiger partial charge in [-0.2, -0.15) is 0 Å².